The van der Waals surface area contributed by atoms with Crippen LogP contribution < -0.4 is 21.9 Å². The average molecular weight is 438 g/mol. The number of benzene rings is 1. The maximum Gasteiger partial charge on any atom is 0.330 e. The van der Waals surface area contributed by atoms with Crippen molar-refractivity contribution in [3.05, 3.63) is 59.7 Å². The highest BCUT2D eigenvalue weighted by molar-refractivity contribution is 6.31. The van der Waals surface area contributed by atoms with Gasteiger partial charge in [-0.25, -0.2) is 4.79 Å². The summed E-state index contributed by atoms with van der Waals surface area (Å²) in [7, 11) is 0. The Kier molecular flexibility index (Phi) is 7.38. The molecule has 1 aromatic carbocycles. The van der Waals surface area contributed by atoms with Crippen molar-refractivity contribution in [3.8, 4) is 0 Å². The Labute approximate surface area is 177 Å². The Hall–Kier alpha value is -3.14. The summed E-state index contributed by atoms with van der Waals surface area (Å²) in [6.45, 7) is 5.85. The molecule has 162 valence electrons. The van der Waals surface area contributed by atoms with Gasteiger partial charge in [0, 0.05) is 24.2 Å². The highest BCUT2D eigenvalue weighted by atomic mass is 35.5. The summed E-state index contributed by atoms with van der Waals surface area (Å²) in [4.78, 5) is 52.2. The second-order valence-electron chi connectivity index (χ2n) is 7.23. The molecule has 11 heteroatoms. The van der Waals surface area contributed by atoms with Crippen molar-refractivity contribution < 1.29 is 9.72 Å². The van der Waals surface area contributed by atoms with E-state index in [9.17, 15) is 24.5 Å². The zero-order valence-electron chi connectivity index (χ0n) is 17.0. The van der Waals surface area contributed by atoms with Crippen molar-refractivity contribution >= 4 is 34.7 Å². The number of aromatic nitrogens is 2. The number of aromatic amines is 1. The Morgan fingerprint density at radius 3 is 2.60 bits per heavy atom. The fraction of sp³-hybridized carbons (Fsp3) is 0.421. The molecule has 1 aromatic heterocycles. The molecule has 0 saturated carbocycles. The number of nitrogens with zero attached hydrogens (tertiary/aromatic N) is 3. The number of carbonyl (C=O) groups is 1. The number of nitrogens with two attached hydrogens (primary N) is 1. The van der Waals surface area contributed by atoms with E-state index in [4.69, 9.17) is 17.3 Å². The van der Waals surface area contributed by atoms with Gasteiger partial charge >= 0.3 is 5.69 Å². The molecule has 0 bridgehead atoms. The number of nitro groups is 1. The van der Waals surface area contributed by atoms with Crippen LogP contribution in [0.2, 0.25) is 5.02 Å². The van der Waals surface area contributed by atoms with Crippen molar-refractivity contribution in [2.75, 3.05) is 17.2 Å². The zero-order valence-corrected chi connectivity index (χ0v) is 17.7. The number of anilines is 2. The number of H-pyrrole nitrogens is 1. The SMILES string of the molecule is CCCCn1c(N)c(N(CC(C)C)C(=O)c2cc(Cl)ccc2[N+](=O)[O-])c(=O)[nH]c1=O. The van der Waals surface area contributed by atoms with E-state index < -0.39 is 27.8 Å². The van der Waals surface area contributed by atoms with Gasteiger partial charge in [0.05, 0.1) is 4.92 Å². The quantitative estimate of drug-likeness (QED) is 0.479. The van der Waals surface area contributed by atoms with Crippen LogP contribution in [-0.4, -0.2) is 26.9 Å². The molecule has 30 heavy (non-hydrogen) atoms. The second-order valence-corrected chi connectivity index (χ2v) is 7.66. The summed E-state index contributed by atoms with van der Waals surface area (Å²) in [5, 5.41) is 11.6. The largest absolute Gasteiger partial charge is 0.383 e. The predicted octanol–water partition coefficient (Wildman–Crippen LogP) is 2.78. The number of hydrogen-bond donors (Lipinski definition) is 2. The van der Waals surface area contributed by atoms with Gasteiger partial charge in [0.15, 0.2) is 5.69 Å². The second kappa shape index (κ2) is 9.57. The van der Waals surface area contributed by atoms with Crippen LogP contribution in [-0.2, 0) is 6.54 Å². The number of unbranched alkanes of at least 4 members (excludes halogenated alkanes) is 1. The number of rotatable bonds is 8. The molecule has 0 aliphatic carbocycles. The zero-order chi connectivity index (χ0) is 22.6. The Morgan fingerprint density at radius 1 is 1.37 bits per heavy atom. The normalized spacial score (nSPS) is 11.0. The lowest BCUT2D eigenvalue weighted by Gasteiger charge is -2.26. The first-order valence-corrected chi connectivity index (χ1v) is 9.84. The Morgan fingerprint density at radius 2 is 2.03 bits per heavy atom. The molecule has 2 aromatic rings. The fourth-order valence-electron chi connectivity index (χ4n) is 3.00. The van der Waals surface area contributed by atoms with E-state index in [1.165, 1.54) is 16.7 Å². The van der Waals surface area contributed by atoms with Crippen LogP contribution in [0, 0.1) is 16.0 Å². The molecule has 1 amide bonds. The van der Waals surface area contributed by atoms with Gasteiger partial charge in [-0.05, 0) is 24.5 Å². The van der Waals surface area contributed by atoms with Crippen LogP contribution in [0.25, 0.3) is 0 Å². The minimum absolute atomic E-state index is 0.0434. The van der Waals surface area contributed by atoms with E-state index in [0.717, 1.165) is 17.4 Å². The van der Waals surface area contributed by atoms with E-state index >= 15 is 0 Å². The molecule has 0 saturated heterocycles. The Bertz CT molecular complexity index is 1080. The molecule has 0 aliphatic heterocycles. The first-order valence-electron chi connectivity index (χ1n) is 9.46. The lowest BCUT2D eigenvalue weighted by atomic mass is 10.1. The van der Waals surface area contributed by atoms with Gasteiger partial charge < -0.3 is 5.73 Å². The van der Waals surface area contributed by atoms with Gasteiger partial charge in [0.1, 0.15) is 11.4 Å². The topological polar surface area (TPSA) is 144 Å². The van der Waals surface area contributed by atoms with Crippen LogP contribution in [0.5, 0.6) is 0 Å². The van der Waals surface area contributed by atoms with E-state index in [0.29, 0.717) is 6.42 Å². The number of nitro benzene ring substituents is 1. The summed E-state index contributed by atoms with van der Waals surface area (Å²) in [6.07, 6.45) is 1.41. The van der Waals surface area contributed by atoms with Crippen molar-refractivity contribution in [2.24, 2.45) is 5.92 Å². The highest BCUT2D eigenvalue weighted by Crippen LogP contribution is 2.27. The molecular formula is C19H24ClN5O5. The molecule has 0 unspecified atom stereocenters. The third-order valence-corrected chi connectivity index (χ3v) is 4.63. The third kappa shape index (κ3) is 4.88. The first kappa shape index (κ1) is 23.1. The molecule has 0 aliphatic rings. The average Bonchev–Trinajstić information content (AvgIpc) is 2.65. The number of amides is 1. The predicted molar refractivity (Wildman–Crippen MR) is 115 cm³/mol. The van der Waals surface area contributed by atoms with Gasteiger partial charge in [0.2, 0.25) is 0 Å². The summed E-state index contributed by atoms with van der Waals surface area (Å²) >= 11 is 5.96. The Balaban J connectivity index is 2.72. The number of halogens is 1. The summed E-state index contributed by atoms with van der Waals surface area (Å²) in [5.74, 6) is -1.09. The lowest BCUT2D eigenvalue weighted by Crippen LogP contribution is -2.42. The van der Waals surface area contributed by atoms with Crippen molar-refractivity contribution in [2.45, 2.75) is 40.2 Å². The van der Waals surface area contributed by atoms with Crippen LogP contribution in [0.4, 0.5) is 17.2 Å². The van der Waals surface area contributed by atoms with Gasteiger partial charge in [-0.1, -0.05) is 38.8 Å². The third-order valence-electron chi connectivity index (χ3n) is 4.40. The van der Waals surface area contributed by atoms with Crippen molar-refractivity contribution in [1.29, 1.82) is 0 Å². The fourth-order valence-corrected chi connectivity index (χ4v) is 3.17. The van der Waals surface area contributed by atoms with Crippen LogP contribution in [0.15, 0.2) is 27.8 Å². The first-order chi connectivity index (χ1) is 14.1. The standard InChI is InChI=1S/C19H24ClN5O5/c1-4-5-8-23-16(21)15(17(26)22-19(23)28)24(10-11(2)3)18(27)13-9-12(20)6-7-14(13)25(29)30/h6-7,9,11H,4-5,8,10,21H2,1-3H3,(H,22,26,28). The summed E-state index contributed by atoms with van der Waals surface area (Å²) in [5.41, 5.74) is 3.66. The van der Waals surface area contributed by atoms with Gasteiger partial charge in [-0.2, -0.15) is 0 Å². The van der Waals surface area contributed by atoms with E-state index in [-0.39, 0.29) is 41.1 Å². The van der Waals surface area contributed by atoms with Gasteiger partial charge in [-0.3, -0.25) is 34.2 Å². The van der Waals surface area contributed by atoms with Crippen LogP contribution >= 0.6 is 11.6 Å². The van der Waals surface area contributed by atoms with Gasteiger partial charge in [-0.15, -0.1) is 0 Å². The highest BCUT2D eigenvalue weighted by Gasteiger charge is 2.30. The number of nitrogens with one attached hydrogen (secondary N) is 1. The smallest absolute Gasteiger partial charge is 0.330 e. The lowest BCUT2D eigenvalue weighted by molar-refractivity contribution is -0.385. The minimum Gasteiger partial charge on any atom is -0.383 e. The molecule has 2 rings (SSSR count). The van der Waals surface area contributed by atoms with Crippen molar-refractivity contribution in [1.82, 2.24) is 9.55 Å². The molecule has 10 nitrogen and oxygen atoms in total. The summed E-state index contributed by atoms with van der Waals surface area (Å²) < 4.78 is 1.19. The monoisotopic (exact) mass is 437 g/mol. The maximum atomic E-state index is 13.3. The molecule has 0 spiro atoms. The van der Waals surface area contributed by atoms with E-state index in [2.05, 4.69) is 4.98 Å². The molecule has 0 fully saturated rings. The van der Waals surface area contributed by atoms with E-state index in [1.54, 1.807) is 0 Å². The van der Waals surface area contributed by atoms with Crippen LogP contribution in [0.3, 0.4) is 0 Å². The van der Waals surface area contributed by atoms with Crippen molar-refractivity contribution in [3.63, 3.8) is 0 Å². The van der Waals surface area contributed by atoms with Crippen LogP contribution in [0.1, 0.15) is 44.0 Å². The molecule has 0 atom stereocenters. The number of hydrogen-bond acceptors (Lipinski definition) is 6. The molecule has 1 heterocycles. The molecule has 3 N–H and O–H groups in total. The number of carbonyl (C=O) groups excluding carboxylic acids is 1. The molecule has 0 radical (unpaired) electrons. The number of nitrogen functional groups attached to an aromatic ring is 1. The van der Waals surface area contributed by atoms with Gasteiger partial charge in [0.25, 0.3) is 17.2 Å². The molecular weight excluding hydrogens is 414 g/mol. The van der Waals surface area contributed by atoms with E-state index in [1.807, 2.05) is 20.8 Å². The minimum atomic E-state index is -0.844. The summed E-state index contributed by atoms with van der Waals surface area (Å²) in [6, 6.07) is 3.60. The maximum absolute atomic E-state index is 13.3.